The highest BCUT2D eigenvalue weighted by Crippen LogP contribution is 2.34. The van der Waals surface area contributed by atoms with E-state index in [1.807, 2.05) is 0 Å². The van der Waals surface area contributed by atoms with Gasteiger partial charge in [-0.3, -0.25) is 24.6 Å². The van der Waals surface area contributed by atoms with Crippen molar-refractivity contribution >= 4 is 64.6 Å². The standard InChI is InChI=1S/C24H36Cl3NO10/c1-5-9-15(29)33-13-14-19(35-16(30)10-6-2)20(36-17(31)11-7-3)21(37-18(32)12-8-4)22(34-14)38-23(28)24(25,26)27/h14,19-22,28H,5-13H2,1-4H3/t14-,19-,20+,21-,22?/m1/s1. The van der Waals surface area contributed by atoms with Gasteiger partial charge in [-0.2, -0.15) is 0 Å². The summed E-state index contributed by atoms with van der Waals surface area (Å²) in [6.07, 6.45) is -5.19. The summed E-state index contributed by atoms with van der Waals surface area (Å²) in [6.45, 7) is 6.63. The molecule has 1 N–H and O–H groups in total. The smallest absolute Gasteiger partial charge is 0.306 e. The van der Waals surface area contributed by atoms with Crippen LogP contribution in [0.4, 0.5) is 0 Å². The lowest BCUT2D eigenvalue weighted by Gasteiger charge is -2.44. The van der Waals surface area contributed by atoms with E-state index in [-0.39, 0.29) is 25.7 Å². The van der Waals surface area contributed by atoms with Gasteiger partial charge in [0.1, 0.15) is 12.7 Å². The molecule has 0 amide bonds. The van der Waals surface area contributed by atoms with Gasteiger partial charge in [0.2, 0.25) is 18.3 Å². The highest BCUT2D eigenvalue weighted by Gasteiger charge is 2.54. The minimum Gasteiger partial charge on any atom is -0.463 e. The Labute approximate surface area is 237 Å². The number of rotatable bonds is 14. The Morgan fingerprint density at radius 3 is 1.55 bits per heavy atom. The normalized spacial score (nSPS) is 23.2. The van der Waals surface area contributed by atoms with Gasteiger partial charge in [0.15, 0.2) is 12.2 Å². The summed E-state index contributed by atoms with van der Waals surface area (Å²) in [6, 6.07) is 0. The van der Waals surface area contributed by atoms with Crippen LogP contribution in [0.25, 0.3) is 0 Å². The fraction of sp³-hybridized carbons (Fsp3) is 0.792. The Kier molecular flexibility index (Phi) is 15.3. The van der Waals surface area contributed by atoms with E-state index in [4.69, 9.17) is 68.6 Å². The fourth-order valence-electron chi connectivity index (χ4n) is 3.39. The molecule has 11 nitrogen and oxygen atoms in total. The lowest BCUT2D eigenvalue weighted by Crippen LogP contribution is -2.63. The van der Waals surface area contributed by atoms with E-state index < -0.39 is 70.9 Å². The van der Waals surface area contributed by atoms with Crippen molar-refractivity contribution in [2.24, 2.45) is 0 Å². The SMILES string of the molecule is CCCC(=O)OC[C@H]1OC(OC(=N)C(Cl)(Cl)Cl)[C@H](OC(=O)CCC)[C@@H](OC(=O)CCC)[C@@H]1OC(=O)CCC. The van der Waals surface area contributed by atoms with Gasteiger partial charge < -0.3 is 28.4 Å². The topological polar surface area (TPSA) is 148 Å². The molecule has 0 aromatic carbocycles. The second-order valence-electron chi connectivity index (χ2n) is 8.53. The minimum atomic E-state index is -2.30. The van der Waals surface area contributed by atoms with Crippen LogP contribution in [-0.2, 0) is 47.6 Å². The number of esters is 4. The highest BCUT2D eigenvalue weighted by molar-refractivity contribution is 6.76. The van der Waals surface area contributed by atoms with Crippen molar-refractivity contribution in [1.29, 1.82) is 5.41 Å². The molecule has 1 unspecified atom stereocenters. The van der Waals surface area contributed by atoms with Crippen molar-refractivity contribution in [3.05, 3.63) is 0 Å². The third-order valence-corrected chi connectivity index (χ3v) is 5.63. The van der Waals surface area contributed by atoms with E-state index in [2.05, 4.69) is 0 Å². The maximum atomic E-state index is 12.6. The zero-order valence-corrected chi connectivity index (χ0v) is 24.2. The quantitative estimate of drug-likeness (QED) is 0.0984. The first kappa shape index (κ1) is 34.2. The van der Waals surface area contributed by atoms with Gasteiger partial charge in [-0.1, -0.05) is 62.5 Å². The Morgan fingerprint density at radius 1 is 0.684 bits per heavy atom. The first-order chi connectivity index (χ1) is 17.9. The monoisotopic (exact) mass is 603 g/mol. The van der Waals surface area contributed by atoms with Gasteiger partial charge in [0.25, 0.3) is 3.79 Å². The first-order valence-electron chi connectivity index (χ1n) is 12.6. The van der Waals surface area contributed by atoms with E-state index in [9.17, 15) is 19.2 Å². The molecule has 1 aliphatic rings. The van der Waals surface area contributed by atoms with Crippen molar-refractivity contribution in [2.45, 2.75) is 114 Å². The molecule has 1 heterocycles. The summed E-state index contributed by atoms with van der Waals surface area (Å²) in [5.74, 6) is -3.43. The van der Waals surface area contributed by atoms with E-state index in [1.54, 1.807) is 27.7 Å². The molecule has 38 heavy (non-hydrogen) atoms. The molecule has 1 fully saturated rings. The van der Waals surface area contributed by atoms with Crippen LogP contribution in [0, 0.1) is 5.41 Å². The number of carbonyl (C=O) groups is 4. The van der Waals surface area contributed by atoms with Gasteiger partial charge in [-0.15, -0.1) is 0 Å². The molecule has 14 heteroatoms. The molecule has 0 saturated carbocycles. The van der Waals surface area contributed by atoms with Crippen molar-refractivity contribution in [3.8, 4) is 0 Å². The second-order valence-corrected chi connectivity index (χ2v) is 10.8. The zero-order chi connectivity index (χ0) is 28.9. The highest BCUT2D eigenvalue weighted by atomic mass is 35.6. The lowest BCUT2D eigenvalue weighted by molar-refractivity contribution is -0.293. The summed E-state index contributed by atoms with van der Waals surface area (Å²) in [7, 11) is 0. The molecule has 0 bridgehead atoms. The van der Waals surface area contributed by atoms with Crippen molar-refractivity contribution in [3.63, 3.8) is 0 Å². The van der Waals surface area contributed by atoms with Gasteiger partial charge in [0, 0.05) is 25.7 Å². The Hall–Kier alpha value is -1.82. The van der Waals surface area contributed by atoms with Crippen LogP contribution in [0.1, 0.15) is 79.1 Å². The van der Waals surface area contributed by atoms with Gasteiger partial charge >= 0.3 is 23.9 Å². The Morgan fingerprint density at radius 2 is 1.11 bits per heavy atom. The predicted octanol–water partition coefficient (Wildman–Crippen LogP) is 4.55. The Bertz CT molecular complexity index is 820. The average molecular weight is 605 g/mol. The number of halogens is 3. The maximum absolute atomic E-state index is 12.6. The third-order valence-electron chi connectivity index (χ3n) is 5.11. The summed E-state index contributed by atoms with van der Waals surface area (Å²) in [5, 5.41) is 8.00. The predicted molar refractivity (Wildman–Crippen MR) is 138 cm³/mol. The van der Waals surface area contributed by atoms with Gasteiger partial charge in [-0.25, -0.2) is 0 Å². The van der Waals surface area contributed by atoms with Gasteiger partial charge in [-0.05, 0) is 25.7 Å². The van der Waals surface area contributed by atoms with Crippen molar-refractivity contribution < 1.29 is 47.6 Å². The van der Waals surface area contributed by atoms with Crippen molar-refractivity contribution in [1.82, 2.24) is 0 Å². The number of ether oxygens (including phenoxy) is 6. The molecule has 5 atom stereocenters. The largest absolute Gasteiger partial charge is 0.463 e. The summed E-state index contributed by atoms with van der Waals surface area (Å²) >= 11 is 17.3. The summed E-state index contributed by atoms with van der Waals surface area (Å²) in [4.78, 5) is 49.7. The molecule has 0 spiro atoms. The van der Waals surface area contributed by atoms with Gasteiger partial charge in [0.05, 0.1) is 0 Å². The van der Waals surface area contributed by atoms with Crippen LogP contribution in [0.5, 0.6) is 0 Å². The van der Waals surface area contributed by atoms with E-state index in [0.717, 1.165) is 0 Å². The first-order valence-corrected chi connectivity index (χ1v) is 13.7. The van der Waals surface area contributed by atoms with Crippen LogP contribution >= 0.6 is 34.8 Å². The van der Waals surface area contributed by atoms with Crippen LogP contribution < -0.4 is 0 Å². The zero-order valence-electron chi connectivity index (χ0n) is 22.0. The number of hydrogen-bond donors (Lipinski definition) is 1. The maximum Gasteiger partial charge on any atom is 0.306 e. The van der Waals surface area contributed by atoms with E-state index in [1.165, 1.54) is 0 Å². The molecule has 0 aromatic heterocycles. The second kappa shape index (κ2) is 17.0. The number of nitrogens with one attached hydrogen (secondary N) is 1. The van der Waals surface area contributed by atoms with Crippen LogP contribution in [0.15, 0.2) is 0 Å². The molecule has 1 rings (SSSR count). The number of carbonyl (C=O) groups excluding carboxylic acids is 4. The fourth-order valence-corrected chi connectivity index (χ4v) is 3.52. The van der Waals surface area contributed by atoms with E-state index >= 15 is 0 Å². The van der Waals surface area contributed by atoms with E-state index in [0.29, 0.717) is 25.7 Å². The summed E-state index contributed by atoms with van der Waals surface area (Å²) < 4.78 is 31.1. The molecule has 1 aliphatic heterocycles. The molecule has 218 valence electrons. The molecule has 0 aromatic rings. The molecule has 0 aliphatic carbocycles. The molecule has 0 radical (unpaired) electrons. The third kappa shape index (κ3) is 11.5. The van der Waals surface area contributed by atoms with Crippen LogP contribution in [0.2, 0.25) is 0 Å². The Balaban J connectivity index is 3.53. The molecule has 1 saturated heterocycles. The average Bonchev–Trinajstić information content (AvgIpc) is 2.81. The van der Waals surface area contributed by atoms with Crippen LogP contribution in [-0.4, -0.2) is 70.9 Å². The summed E-state index contributed by atoms with van der Waals surface area (Å²) in [5.41, 5.74) is 0. The van der Waals surface area contributed by atoms with Crippen LogP contribution in [0.3, 0.4) is 0 Å². The number of hydrogen-bond acceptors (Lipinski definition) is 11. The molecular formula is C24H36Cl3NO10. The lowest BCUT2D eigenvalue weighted by atomic mass is 9.97. The number of alkyl halides is 3. The molecular weight excluding hydrogens is 569 g/mol. The van der Waals surface area contributed by atoms with Crippen molar-refractivity contribution in [2.75, 3.05) is 6.61 Å². The minimum absolute atomic E-state index is 0.000896.